The van der Waals surface area contributed by atoms with Gasteiger partial charge in [0.05, 0.1) is 6.54 Å². The molecule has 0 saturated heterocycles. The Morgan fingerprint density at radius 3 is 2.56 bits per heavy atom. The number of carbonyl (C=O) groups is 2. The molecule has 1 saturated carbocycles. The van der Waals surface area contributed by atoms with Gasteiger partial charge >= 0.3 is 0 Å². The Bertz CT molecular complexity index is 294. The molecule has 0 aromatic carbocycles. The van der Waals surface area contributed by atoms with E-state index < -0.39 is 0 Å². The summed E-state index contributed by atoms with van der Waals surface area (Å²) in [5.74, 6) is 0.201. The maximum Gasteiger partial charge on any atom is 0.239 e. The number of amides is 2. The van der Waals surface area contributed by atoms with Crippen molar-refractivity contribution >= 4 is 11.8 Å². The molecule has 0 aromatic heterocycles. The Balaban J connectivity index is 2.48. The lowest BCUT2D eigenvalue weighted by atomic mass is 9.83. The summed E-state index contributed by atoms with van der Waals surface area (Å²) in [5, 5.41) is 2.54. The smallest absolute Gasteiger partial charge is 0.239 e. The highest BCUT2D eigenvalue weighted by molar-refractivity contribution is 5.84. The molecule has 0 bridgehead atoms. The summed E-state index contributed by atoms with van der Waals surface area (Å²) in [5.41, 5.74) is 6.05. The third kappa shape index (κ3) is 4.29. The van der Waals surface area contributed by atoms with Gasteiger partial charge in [-0.2, -0.15) is 0 Å². The molecule has 2 amide bonds. The number of carbonyl (C=O) groups excluding carboxylic acids is 2. The maximum absolute atomic E-state index is 12.1. The summed E-state index contributed by atoms with van der Waals surface area (Å²) < 4.78 is 0. The molecule has 0 aliphatic heterocycles. The second-order valence-corrected chi connectivity index (χ2v) is 4.99. The topological polar surface area (TPSA) is 75.4 Å². The molecule has 2 unspecified atom stereocenters. The predicted octanol–water partition coefficient (Wildman–Crippen LogP) is 0.489. The number of nitrogens with two attached hydrogens (primary N) is 1. The molecule has 5 heteroatoms. The molecule has 0 spiro atoms. The van der Waals surface area contributed by atoms with E-state index in [1.54, 1.807) is 11.9 Å². The molecule has 0 radical (unpaired) electrons. The van der Waals surface area contributed by atoms with Gasteiger partial charge in [0.2, 0.25) is 11.8 Å². The standard InChI is InChI=1S/C13H25N3O2/c1-3-16(9-12(17)15-2)13(18)8-10-6-4-5-7-11(10)14/h10-11H,3-9,14H2,1-2H3,(H,15,17). The summed E-state index contributed by atoms with van der Waals surface area (Å²) >= 11 is 0. The van der Waals surface area contributed by atoms with Crippen LogP contribution in [0.25, 0.3) is 0 Å². The van der Waals surface area contributed by atoms with Crippen LogP contribution in [0, 0.1) is 5.92 Å². The lowest BCUT2D eigenvalue weighted by Crippen LogP contribution is -2.42. The Morgan fingerprint density at radius 1 is 1.33 bits per heavy atom. The van der Waals surface area contributed by atoms with E-state index in [0.29, 0.717) is 13.0 Å². The van der Waals surface area contributed by atoms with Crippen molar-refractivity contribution in [3.63, 3.8) is 0 Å². The highest BCUT2D eigenvalue weighted by Crippen LogP contribution is 2.26. The van der Waals surface area contributed by atoms with Crippen molar-refractivity contribution < 1.29 is 9.59 Å². The van der Waals surface area contributed by atoms with Gasteiger partial charge in [-0.1, -0.05) is 12.8 Å². The summed E-state index contributed by atoms with van der Waals surface area (Å²) in [6.45, 7) is 2.60. The lowest BCUT2D eigenvalue weighted by Gasteiger charge is -2.30. The Labute approximate surface area is 109 Å². The highest BCUT2D eigenvalue weighted by atomic mass is 16.2. The largest absolute Gasteiger partial charge is 0.358 e. The average molecular weight is 255 g/mol. The monoisotopic (exact) mass is 255 g/mol. The van der Waals surface area contributed by atoms with Crippen LogP contribution in [-0.2, 0) is 9.59 Å². The molecular weight excluding hydrogens is 230 g/mol. The van der Waals surface area contributed by atoms with Crippen molar-refractivity contribution in [2.75, 3.05) is 20.1 Å². The first kappa shape index (κ1) is 15.0. The molecular formula is C13H25N3O2. The molecule has 1 fully saturated rings. The van der Waals surface area contributed by atoms with Gasteiger partial charge in [0, 0.05) is 26.1 Å². The molecule has 3 N–H and O–H groups in total. The van der Waals surface area contributed by atoms with Crippen LogP contribution in [0.2, 0.25) is 0 Å². The molecule has 2 atom stereocenters. The van der Waals surface area contributed by atoms with Gasteiger partial charge in [-0.3, -0.25) is 9.59 Å². The third-order valence-corrected chi connectivity index (χ3v) is 3.75. The zero-order valence-corrected chi connectivity index (χ0v) is 11.4. The van der Waals surface area contributed by atoms with Crippen molar-refractivity contribution in [1.82, 2.24) is 10.2 Å². The number of hydrogen-bond donors (Lipinski definition) is 2. The molecule has 0 aromatic rings. The van der Waals surface area contributed by atoms with Crippen LogP contribution in [0.3, 0.4) is 0 Å². The van der Waals surface area contributed by atoms with Gasteiger partial charge < -0.3 is 16.0 Å². The Hall–Kier alpha value is -1.10. The van der Waals surface area contributed by atoms with Gasteiger partial charge in [-0.25, -0.2) is 0 Å². The number of hydrogen-bond acceptors (Lipinski definition) is 3. The first-order chi connectivity index (χ1) is 8.58. The fourth-order valence-electron chi connectivity index (χ4n) is 2.47. The Morgan fingerprint density at radius 2 is 2.00 bits per heavy atom. The van der Waals surface area contributed by atoms with Crippen LogP contribution in [0.1, 0.15) is 39.0 Å². The quantitative estimate of drug-likeness (QED) is 0.750. The van der Waals surface area contributed by atoms with E-state index in [0.717, 1.165) is 19.3 Å². The lowest BCUT2D eigenvalue weighted by molar-refractivity contribution is -0.136. The summed E-state index contributed by atoms with van der Waals surface area (Å²) in [6, 6.07) is 0.140. The van der Waals surface area contributed by atoms with Crippen LogP contribution in [0.15, 0.2) is 0 Å². The van der Waals surface area contributed by atoms with E-state index in [1.165, 1.54) is 6.42 Å². The third-order valence-electron chi connectivity index (χ3n) is 3.75. The number of rotatable bonds is 5. The maximum atomic E-state index is 12.1. The molecule has 18 heavy (non-hydrogen) atoms. The van der Waals surface area contributed by atoms with Gasteiger partial charge in [0.15, 0.2) is 0 Å². The van der Waals surface area contributed by atoms with Crippen molar-refractivity contribution in [1.29, 1.82) is 0 Å². The molecule has 1 aliphatic carbocycles. The average Bonchev–Trinajstić information content (AvgIpc) is 2.38. The SMILES string of the molecule is CCN(CC(=O)NC)C(=O)CC1CCCCC1N. The number of nitrogens with one attached hydrogen (secondary N) is 1. The Kier molecular flexibility index (Phi) is 6.12. The zero-order chi connectivity index (χ0) is 13.5. The van der Waals surface area contributed by atoms with Gasteiger partial charge in [-0.15, -0.1) is 0 Å². The molecule has 1 rings (SSSR count). The number of nitrogens with zero attached hydrogens (tertiary/aromatic N) is 1. The van der Waals surface area contributed by atoms with E-state index in [9.17, 15) is 9.59 Å². The van der Waals surface area contributed by atoms with E-state index >= 15 is 0 Å². The minimum Gasteiger partial charge on any atom is -0.358 e. The fraction of sp³-hybridized carbons (Fsp3) is 0.846. The van der Waals surface area contributed by atoms with Crippen molar-refractivity contribution in [3.05, 3.63) is 0 Å². The minimum atomic E-state index is -0.127. The second kappa shape index (κ2) is 7.36. The molecule has 0 heterocycles. The predicted molar refractivity (Wildman–Crippen MR) is 70.9 cm³/mol. The first-order valence-electron chi connectivity index (χ1n) is 6.82. The summed E-state index contributed by atoms with van der Waals surface area (Å²) in [4.78, 5) is 25.0. The minimum absolute atomic E-state index is 0.0449. The van der Waals surface area contributed by atoms with Crippen LogP contribution >= 0.6 is 0 Å². The molecule has 5 nitrogen and oxygen atoms in total. The summed E-state index contributed by atoms with van der Waals surface area (Å²) in [6.07, 6.45) is 4.85. The van der Waals surface area contributed by atoms with E-state index in [2.05, 4.69) is 5.32 Å². The van der Waals surface area contributed by atoms with Crippen LogP contribution in [0.5, 0.6) is 0 Å². The van der Waals surface area contributed by atoms with Crippen LogP contribution in [-0.4, -0.2) is 42.9 Å². The van der Waals surface area contributed by atoms with Crippen molar-refractivity contribution in [3.8, 4) is 0 Å². The first-order valence-corrected chi connectivity index (χ1v) is 6.82. The number of likely N-dealkylation sites (N-methyl/N-ethyl adjacent to an activating group) is 2. The summed E-state index contributed by atoms with van der Waals surface area (Å²) in [7, 11) is 1.58. The van der Waals surface area contributed by atoms with Crippen LogP contribution < -0.4 is 11.1 Å². The normalized spacial score (nSPS) is 23.5. The van der Waals surface area contributed by atoms with Crippen LogP contribution in [0.4, 0.5) is 0 Å². The zero-order valence-electron chi connectivity index (χ0n) is 11.4. The second-order valence-electron chi connectivity index (χ2n) is 4.99. The highest BCUT2D eigenvalue weighted by Gasteiger charge is 2.26. The van der Waals surface area contributed by atoms with E-state index in [-0.39, 0.29) is 30.3 Å². The van der Waals surface area contributed by atoms with Crippen molar-refractivity contribution in [2.45, 2.75) is 45.1 Å². The van der Waals surface area contributed by atoms with E-state index in [1.807, 2.05) is 6.92 Å². The van der Waals surface area contributed by atoms with E-state index in [4.69, 9.17) is 5.73 Å². The fourth-order valence-corrected chi connectivity index (χ4v) is 2.47. The molecule has 104 valence electrons. The van der Waals surface area contributed by atoms with Crippen molar-refractivity contribution in [2.24, 2.45) is 11.7 Å². The molecule has 1 aliphatic rings. The van der Waals surface area contributed by atoms with Gasteiger partial charge in [0.1, 0.15) is 0 Å². The van der Waals surface area contributed by atoms with Gasteiger partial charge in [-0.05, 0) is 25.7 Å². The van der Waals surface area contributed by atoms with Gasteiger partial charge in [0.25, 0.3) is 0 Å².